The molecule has 3 nitrogen and oxygen atoms in total. The smallest absolute Gasteiger partial charge is 0.0445 e. The Bertz CT molecular complexity index is 379. The number of anilines is 1. The minimum atomic E-state index is 0.783. The van der Waals surface area contributed by atoms with Gasteiger partial charge in [0.15, 0.2) is 0 Å². The Morgan fingerprint density at radius 2 is 2.00 bits per heavy atom. The Morgan fingerprint density at radius 1 is 1.35 bits per heavy atom. The number of rotatable bonds is 3. The van der Waals surface area contributed by atoms with E-state index in [4.69, 9.17) is 0 Å². The van der Waals surface area contributed by atoms with Gasteiger partial charge in [0.05, 0.1) is 0 Å². The highest BCUT2D eigenvalue weighted by atomic mass is 15.2. The van der Waals surface area contributed by atoms with E-state index < -0.39 is 0 Å². The molecule has 1 fully saturated rings. The van der Waals surface area contributed by atoms with Gasteiger partial charge < -0.3 is 10.2 Å². The molecule has 2 rings (SSSR count). The van der Waals surface area contributed by atoms with Gasteiger partial charge in [-0.25, -0.2) is 0 Å². The van der Waals surface area contributed by atoms with Gasteiger partial charge in [-0.1, -0.05) is 13.8 Å². The first-order valence-corrected chi connectivity index (χ1v) is 6.47. The normalized spacial score (nSPS) is 24.4. The van der Waals surface area contributed by atoms with Crippen LogP contribution >= 0.6 is 0 Å². The van der Waals surface area contributed by atoms with Crippen molar-refractivity contribution >= 4 is 5.69 Å². The molecule has 1 aliphatic heterocycles. The van der Waals surface area contributed by atoms with Crippen molar-refractivity contribution < 1.29 is 0 Å². The highest BCUT2D eigenvalue weighted by Crippen LogP contribution is 2.30. The topological polar surface area (TPSA) is 28.2 Å². The van der Waals surface area contributed by atoms with Gasteiger partial charge in [-0.2, -0.15) is 0 Å². The van der Waals surface area contributed by atoms with Crippen LogP contribution in [0.1, 0.15) is 25.1 Å². The molecule has 1 aromatic heterocycles. The van der Waals surface area contributed by atoms with E-state index in [1.807, 2.05) is 13.2 Å². The van der Waals surface area contributed by atoms with Crippen molar-refractivity contribution in [3.63, 3.8) is 0 Å². The quantitative estimate of drug-likeness (QED) is 0.867. The van der Waals surface area contributed by atoms with Crippen LogP contribution in [0.4, 0.5) is 5.69 Å². The Labute approximate surface area is 104 Å². The highest BCUT2D eigenvalue weighted by molar-refractivity contribution is 5.54. The molecule has 94 valence electrons. The van der Waals surface area contributed by atoms with Crippen LogP contribution in [-0.2, 0) is 6.54 Å². The highest BCUT2D eigenvalue weighted by Gasteiger charge is 2.27. The van der Waals surface area contributed by atoms with E-state index in [0.29, 0.717) is 0 Å². The summed E-state index contributed by atoms with van der Waals surface area (Å²) in [6.45, 7) is 9.98. The van der Waals surface area contributed by atoms with Crippen LogP contribution in [0.2, 0.25) is 0 Å². The average Bonchev–Trinajstić information content (AvgIpc) is 2.62. The lowest BCUT2D eigenvalue weighted by molar-refractivity contribution is 0.494. The van der Waals surface area contributed by atoms with Crippen molar-refractivity contribution in [3.8, 4) is 0 Å². The molecule has 1 aromatic rings. The van der Waals surface area contributed by atoms with Crippen LogP contribution in [0.3, 0.4) is 0 Å². The number of aryl methyl sites for hydroxylation is 1. The van der Waals surface area contributed by atoms with Crippen molar-refractivity contribution in [2.24, 2.45) is 11.8 Å². The first-order chi connectivity index (χ1) is 8.11. The summed E-state index contributed by atoms with van der Waals surface area (Å²) in [7, 11) is 1.98. The summed E-state index contributed by atoms with van der Waals surface area (Å²) in [5.41, 5.74) is 3.77. The van der Waals surface area contributed by atoms with Crippen LogP contribution in [0.15, 0.2) is 12.3 Å². The molecule has 2 heterocycles. The van der Waals surface area contributed by atoms with E-state index in [-0.39, 0.29) is 0 Å². The maximum Gasteiger partial charge on any atom is 0.0445 e. The third kappa shape index (κ3) is 2.60. The molecule has 1 saturated heterocycles. The van der Waals surface area contributed by atoms with E-state index in [1.165, 1.54) is 24.3 Å². The molecule has 17 heavy (non-hydrogen) atoms. The van der Waals surface area contributed by atoms with E-state index in [9.17, 15) is 0 Å². The molecule has 0 radical (unpaired) electrons. The van der Waals surface area contributed by atoms with Gasteiger partial charge >= 0.3 is 0 Å². The number of nitrogens with zero attached hydrogens (tertiary/aromatic N) is 2. The lowest BCUT2D eigenvalue weighted by Gasteiger charge is -2.22. The zero-order valence-electron chi connectivity index (χ0n) is 11.3. The molecule has 0 amide bonds. The van der Waals surface area contributed by atoms with Gasteiger partial charge in [-0.3, -0.25) is 4.98 Å². The van der Waals surface area contributed by atoms with Gasteiger partial charge in [0.25, 0.3) is 0 Å². The molecule has 2 unspecified atom stereocenters. The van der Waals surface area contributed by atoms with E-state index >= 15 is 0 Å². The fraction of sp³-hybridized carbons (Fsp3) is 0.643. The van der Waals surface area contributed by atoms with Crippen LogP contribution in [0.5, 0.6) is 0 Å². The monoisotopic (exact) mass is 233 g/mol. The molecule has 2 atom stereocenters. The predicted molar refractivity (Wildman–Crippen MR) is 72.3 cm³/mol. The standard InChI is InChI=1S/C14H23N3/c1-10-8-17(9-11(10)2)14-5-12(3)16-7-13(14)6-15-4/h5,7,10-11,15H,6,8-9H2,1-4H3. The maximum absolute atomic E-state index is 4.40. The lowest BCUT2D eigenvalue weighted by Crippen LogP contribution is -2.22. The minimum Gasteiger partial charge on any atom is -0.371 e. The summed E-state index contributed by atoms with van der Waals surface area (Å²) < 4.78 is 0. The Kier molecular flexibility index (Phi) is 3.67. The zero-order chi connectivity index (χ0) is 12.4. The molecule has 0 aromatic carbocycles. The number of hydrogen-bond acceptors (Lipinski definition) is 3. The van der Waals surface area contributed by atoms with E-state index in [0.717, 1.165) is 24.1 Å². The summed E-state index contributed by atoms with van der Waals surface area (Å²) in [4.78, 5) is 6.91. The first-order valence-electron chi connectivity index (χ1n) is 6.47. The second-order valence-electron chi connectivity index (χ2n) is 5.34. The molecule has 1 aliphatic rings. The van der Waals surface area contributed by atoms with Crippen molar-refractivity contribution in [1.29, 1.82) is 0 Å². The average molecular weight is 233 g/mol. The fourth-order valence-corrected chi connectivity index (χ4v) is 2.52. The van der Waals surface area contributed by atoms with Crippen LogP contribution < -0.4 is 10.2 Å². The van der Waals surface area contributed by atoms with Gasteiger partial charge in [0.1, 0.15) is 0 Å². The van der Waals surface area contributed by atoms with Crippen molar-refractivity contribution in [2.75, 3.05) is 25.0 Å². The summed E-state index contributed by atoms with van der Waals surface area (Å²) in [6.07, 6.45) is 2.01. The molecule has 0 spiro atoms. The second kappa shape index (κ2) is 5.05. The van der Waals surface area contributed by atoms with E-state index in [1.54, 1.807) is 0 Å². The largest absolute Gasteiger partial charge is 0.371 e. The van der Waals surface area contributed by atoms with E-state index in [2.05, 4.69) is 42.0 Å². The van der Waals surface area contributed by atoms with Crippen molar-refractivity contribution in [2.45, 2.75) is 27.3 Å². The summed E-state index contributed by atoms with van der Waals surface area (Å²) in [5, 5.41) is 3.22. The van der Waals surface area contributed by atoms with Crippen molar-refractivity contribution in [3.05, 3.63) is 23.5 Å². The number of aromatic nitrogens is 1. The first kappa shape index (κ1) is 12.4. The number of hydrogen-bond donors (Lipinski definition) is 1. The molecule has 1 N–H and O–H groups in total. The Morgan fingerprint density at radius 3 is 2.59 bits per heavy atom. The predicted octanol–water partition coefficient (Wildman–Crippen LogP) is 2.20. The molecular weight excluding hydrogens is 210 g/mol. The molecular formula is C14H23N3. The number of nitrogens with one attached hydrogen (secondary N) is 1. The van der Waals surface area contributed by atoms with Crippen LogP contribution in [0.25, 0.3) is 0 Å². The van der Waals surface area contributed by atoms with Gasteiger partial charge in [-0.05, 0) is 31.9 Å². The van der Waals surface area contributed by atoms with Crippen LogP contribution in [-0.4, -0.2) is 25.1 Å². The Balaban J connectivity index is 2.27. The third-order valence-corrected chi connectivity index (χ3v) is 3.79. The van der Waals surface area contributed by atoms with Gasteiger partial charge in [0, 0.05) is 42.8 Å². The minimum absolute atomic E-state index is 0.783. The molecule has 0 aliphatic carbocycles. The maximum atomic E-state index is 4.40. The molecule has 0 saturated carbocycles. The second-order valence-corrected chi connectivity index (χ2v) is 5.34. The SMILES string of the molecule is CNCc1cnc(C)cc1N1CC(C)C(C)C1. The fourth-order valence-electron chi connectivity index (χ4n) is 2.52. The summed E-state index contributed by atoms with van der Waals surface area (Å²) in [6, 6.07) is 2.22. The van der Waals surface area contributed by atoms with Gasteiger partial charge in [0.2, 0.25) is 0 Å². The molecule has 0 bridgehead atoms. The Hall–Kier alpha value is -1.09. The zero-order valence-corrected chi connectivity index (χ0v) is 11.3. The lowest BCUT2D eigenvalue weighted by atomic mass is 10.0. The van der Waals surface area contributed by atoms with Crippen molar-refractivity contribution in [1.82, 2.24) is 10.3 Å². The van der Waals surface area contributed by atoms with Gasteiger partial charge in [-0.15, -0.1) is 0 Å². The molecule has 3 heteroatoms. The summed E-state index contributed by atoms with van der Waals surface area (Å²) in [5.74, 6) is 1.57. The summed E-state index contributed by atoms with van der Waals surface area (Å²) >= 11 is 0. The third-order valence-electron chi connectivity index (χ3n) is 3.79. The van der Waals surface area contributed by atoms with Crippen LogP contribution in [0, 0.1) is 18.8 Å². The number of pyridine rings is 1.